The van der Waals surface area contributed by atoms with E-state index in [-0.39, 0.29) is 0 Å². The summed E-state index contributed by atoms with van der Waals surface area (Å²) >= 11 is 7.80. The van der Waals surface area contributed by atoms with Crippen molar-refractivity contribution in [3.8, 4) is 0 Å². The van der Waals surface area contributed by atoms with Crippen LogP contribution in [0.25, 0.3) is 0 Å². The van der Waals surface area contributed by atoms with E-state index >= 15 is 0 Å². The van der Waals surface area contributed by atoms with Gasteiger partial charge in [-0.05, 0) is 31.0 Å². The molecule has 132 valence electrons. The highest BCUT2D eigenvalue weighted by atomic mass is 35.5. The fraction of sp³-hybridized carbons (Fsp3) is 0.389. The third-order valence-corrected chi connectivity index (χ3v) is 5.19. The van der Waals surface area contributed by atoms with Crippen LogP contribution in [0, 0.1) is 6.92 Å². The van der Waals surface area contributed by atoms with E-state index < -0.39 is 0 Å². The van der Waals surface area contributed by atoms with E-state index in [2.05, 4.69) is 16.1 Å². The molecule has 3 rings (SSSR count). The van der Waals surface area contributed by atoms with E-state index in [0.29, 0.717) is 19.6 Å². The second-order valence-electron chi connectivity index (χ2n) is 5.84. The van der Waals surface area contributed by atoms with Gasteiger partial charge in [-0.25, -0.2) is 14.6 Å². The minimum Gasteiger partial charge on any atom is -0.384 e. The molecule has 0 spiro atoms. The van der Waals surface area contributed by atoms with Crippen molar-refractivity contribution in [3.63, 3.8) is 0 Å². The molecule has 0 radical (unpaired) electrons. The molecule has 0 saturated carbocycles. The highest BCUT2D eigenvalue weighted by molar-refractivity contribution is 7.09. The third-order valence-electron chi connectivity index (χ3n) is 3.96. The molecule has 0 atom stereocenters. The topological polar surface area (TPSA) is 52.8 Å². The lowest BCUT2D eigenvalue weighted by atomic mass is 10.2. The van der Waals surface area contributed by atoms with Gasteiger partial charge in [0.25, 0.3) is 0 Å². The summed E-state index contributed by atoms with van der Waals surface area (Å²) in [5.74, 6) is 1.80. The summed E-state index contributed by atoms with van der Waals surface area (Å²) in [4.78, 5) is 10.3. The van der Waals surface area contributed by atoms with E-state index in [1.54, 1.807) is 18.4 Å². The molecule has 0 amide bonds. The van der Waals surface area contributed by atoms with Gasteiger partial charge in [0.2, 0.25) is 0 Å². The van der Waals surface area contributed by atoms with Crippen molar-refractivity contribution in [2.75, 3.05) is 13.7 Å². The van der Waals surface area contributed by atoms with Crippen LogP contribution >= 0.6 is 22.9 Å². The minimum atomic E-state index is 0.620. The van der Waals surface area contributed by atoms with Crippen molar-refractivity contribution in [1.29, 1.82) is 0 Å². The van der Waals surface area contributed by atoms with Crippen molar-refractivity contribution in [2.45, 2.75) is 32.7 Å². The lowest BCUT2D eigenvalue weighted by Crippen LogP contribution is -2.08. The number of nitrogens with zero attached hydrogens (tertiary/aromatic N) is 4. The maximum atomic E-state index is 6.10. The van der Waals surface area contributed by atoms with Gasteiger partial charge in [0.15, 0.2) is 5.82 Å². The number of thiazole rings is 1. The van der Waals surface area contributed by atoms with Crippen LogP contribution in [-0.4, -0.2) is 33.5 Å². The largest absolute Gasteiger partial charge is 0.384 e. The van der Waals surface area contributed by atoms with Crippen LogP contribution in [0.15, 0.2) is 29.8 Å². The average Bonchev–Trinajstić information content (AvgIpc) is 3.17. The zero-order valence-corrected chi connectivity index (χ0v) is 16.0. The first-order valence-electron chi connectivity index (χ1n) is 8.20. The number of aryl methyl sites for hydroxylation is 3. The Bertz CT molecular complexity index is 830. The summed E-state index contributed by atoms with van der Waals surface area (Å²) in [5, 5.41) is 5.40. The van der Waals surface area contributed by atoms with Crippen LogP contribution < -0.4 is 0 Å². The first kappa shape index (κ1) is 18.0. The molecule has 2 heterocycles. The van der Waals surface area contributed by atoms with Gasteiger partial charge < -0.3 is 4.74 Å². The average molecular weight is 377 g/mol. The summed E-state index contributed by atoms with van der Waals surface area (Å²) in [6, 6.07) is 7.86. The molecule has 3 aromatic rings. The van der Waals surface area contributed by atoms with E-state index in [1.165, 1.54) is 4.88 Å². The van der Waals surface area contributed by atoms with E-state index in [9.17, 15) is 0 Å². The van der Waals surface area contributed by atoms with Crippen LogP contribution in [0.4, 0.5) is 0 Å². The molecule has 7 heteroatoms. The van der Waals surface area contributed by atoms with Gasteiger partial charge in [-0.15, -0.1) is 11.3 Å². The number of hydrogen-bond donors (Lipinski definition) is 0. The molecule has 0 fully saturated rings. The normalized spacial score (nSPS) is 11.2. The molecule has 0 N–H and O–H groups in total. The Hall–Kier alpha value is -1.76. The lowest BCUT2D eigenvalue weighted by molar-refractivity contribution is 0.200. The zero-order valence-electron chi connectivity index (χ0n) is 14.4. The molecule has 0 aliphatic heterocycles. The number of halogens is 1. The number of benzene rings is 1. The first-order chi connectivity index (χ1) is 12.2. The van der Waals surface area contributed by atoms with Crippen LogP contribution in [0.5, 0.6) is 0 Å². The van der Waals surface area contributed by atoms with Crippen LogP contribution in [0.3, 0.4) is 0 Å². The minimum absolute atomic E-state index is 0.620. The summed E-state index contributed by atoms with van der Waals surface area (Å²) in [6.07, 6.45) is 2.48. The molecule has 0 aliphatic rings. The fourth-order valence-corrected chi connectivity index (χ4v) is 3.63. The SMILES string of the molecule is COCCc1nc(CCc2scnc2C)n(Cc2cccc(Cl)c2)n1. The van der Waals surface area contributed by atoms with Crippen molar-refractivity contribution < 1.29 is 4.74 Å². The number of aromatic nitrogens is 4. The standard InChI is InChI=1S/C18H21ClN4OS/c1-13-16(25-12-20-13)6-7-18-21-17(8-9-24-2)22-23(18)11-14-4-3-5-15(19)10-14/h3-5,10,12H,6-9,11H2,1-2H3. The van der Waals surface area contributed by atoms with Gasteiger partial charge in [-0.2, -0.15) is 5.10 Å². The highest BCUT2D eigenvalue weighted by Gasteiger charge is 2.12. The number of ether oxygens (including phenoxy) is 1. The molecule has 0 saturated heterocycles. The zero-order chi connectivity index (χ0) is 17.6. The Morgan fingerprint density at radius 1 is 1.24 bits per heavy atom. The van der Waals surface area contributed by atoms with Gasteiger partial charge in [0.1, 0.15) is 5.82 Å². The Kier molecular flexibility index (Phi) is 6.18. The summed E-state index contributed by atoms with van der Waals surface area (Å²) in [7, 11) is 1.69. The van der Waals surface area contributed by atoms with Crippen molar-refractivity contribution in [1.82, 2.24) is 19.7 Å². The van der Waals surface area contributed by atoms with Crippen LogP contribution in [-0.2, 0) is 30.5 Å². The fourth-order valence-electron chi connectivity index (χ4n) is 2.64. The van der Waals surface area contributed by atoms with Crippen LogP contribution in [0.2, 0.25) is 5.02 Å². The molecule has 1 aromatic carbocycles. The van der Waals surface area contributed by atoms with Crippen LogP contribution in [0.1, 0.15) is 27.8 Å². The van der Waals surface area contributed by atoms with E-state index in [1.807, 2.05) is 35.3 Å². The van der Waals surface area contributed by atoms with Crippen molar-refractivity contribution in [3.05, 3.63) is 62.6 Å². The number of hydrogen-bond acceptors (Lipinski definition) is 5. The number of rotatable bonds is 8. The second kappa shape index (κ2) is 8.56. The maximum Gasteiger partial charge on any atom is 0.153 e. The predicted octanol–water partition coefficient (Wildman–Crippen LogP) is 3.72. The predicted molar refractivity (Wildman–Crippen MR) is 100 cm³/mol. The molecule has 2 aromatic heterocycles. The van der Waals surface area contributed by atoms with Gasteiger partial charge in [0, 0.05) is 29.9 Å². The Labute approximate surface area is 156 Å². The third kappa shape index (κ3) is 4.87. The molecule has 25 heavy (non-hydrogen) atoms. The highest BCUT2D eigenvalue weighted by Crippen LogP contribution is 2.17. The van der Waals surface area contributed by atoms with Crippen molar-refractivity contribution in [2.24, 2.45) is 0 Å². The molecular weight excluding hydrogens is 356 g/mol. The van der Waals surface area contributed by atoms with E-state index in [4.69, 9.17) is 21.3 Å². The van der Waals surface area contributed by atoms with Gasteiger partial charge in [-0.3, -0.25) is 0 Å². The first-order valence-corrected chi connectivity index (χ1v) is 9.46. The monoisotopic (exact) mass is 376 g/mol. The smallest absolute Gasteiger partial charge is 0.153 e. The summed E-state index contributed by atoms with van der Waals surface area (Å²) < 4.78 is 7.13. The molecular formula is C18H21ClN4OS. The lowest BCUT2D eigenvalue weighted by Gasteiger charge is -2.06. The van der Waals surface area contributed by atoms with Crippen molar-refractivity contribution >= 4 is 22.9 Å². The van der Waals surface area contributed by atoms with Gasteiger partial charge in [-0.1, -0.05) is 23.7 Å². The maximum absolute atomic E-state index is 6.10. The quantitative estimate of drug-likeness (QED) is 0.601. The Morgan fingerprint density at radius 2 is 2.12 bits per heavy atom. The Morgan fingerprint density at radius 3 is 2.84 bits per heavy atom. The van der Waals surface area contributed by atoms with E-state index in [0.717, 1.165) is 40.8 Å². The summed E-state index contributed by atoms with van der Waals surface area (Å²) in [6.45, 7) is 3.33. The molecule has 0 unspecified atom stereocenters. The number of methoxy groups -OCH3 is 1. The molecule has 0 aliphatic carbocycles. The van der Waals surface area contributed by atoms with Gasteiger partial charge in [0.05, 0.1) is 24.4 Å². The Balaban J connectivity index is 1.78. The van der Waals surface area contributed by atoms with Gasteiger partial charge >= 0.3 is 0 Å². The second-order valence-corrected chi connectivity index (χ2v) is 7.21. The summed E-state index contributed by atoms with van der Waals surface area (Å²) in [5.41, 5.74) is 4.11. The molecule has 5 nitrogen and oxygen atoms in total. The molecule has 0 bridgehead atoms.